The van der Waals surface area contributed by atoms with Crippen LogP contribution in [0.15, 0.2) is 30.3 Å². The molecule has 0 fully saturated rings. The molecule has 0 N–H and O–H groups in total. The molecule has 0 spiro atoms. The fourth-order valence-corrected chi connectivity index (χ4v) is 1.26. The maximum absolute atomic E-state index is 5.73. The molecule has 0 heterocycles. The van der Waals surface area contributed by atoms with Gasteiger partial charge < -0.3 is 4.74 Å². The third kappa shape index (κ3) is 3.88. The van der Waals surface area contributed by atoms with E-state index in [1.807, 2.05) is 37.3 Å². The Hall–Kier alpha value is -0.340. The Kier molecular flexibility index (Phi) is 4.33. The van der Waals surface area contributed by atoms with Crippen LogP contribution in [0, 0.1) is 0 Å². The van der Waals surface area contributed by atoms with E-state index in [-0.39, 0.29) is 4.71 Å². The van der Waals surface area contributed by atoms with E-state index in [0.29, 0.717) is 5.94 Å². The molecule has 12 heavy (non-hydrogen) atoms. The Morgan fingerprint density at radius 2 is 2.08 bits per heavy atom. The molecule has 0 aromatic heterocycles. The van der Waals surface area contributed by atoms with Gasteiger partial charge in [-0.2, -0.15) is 0 Å². The summed E-state index contributed by atoms with van der Waals surface area (Å²) in [5, 5.41) is 0. The molecule has 1 rings (SSSR count). The summed E-state index contributed by atoms with van der Waals surface area (Å²) in [7, 11) is 0. The largest absolute Gasteiger partial charge is 0.483 e. The molecule has 0 aliphatic carbocycles. The van der Waals surface area contributed by atoms with Crippen molar-refractivity contribution in [2.24, 2.45) is 0 Å². The Bertz CT molecular complexity index is 213. The van der Waals surface area contributed by atoms with Crippen LogP contribution in [0.1, 0.15) is 6.92 Å². The van der Waals surface area contributed by atoms with Crippen LogP contribution in [0.4, 0.5) is 0 Å². The molecule has 0 amide bonds. The van der Waals surface area contributed by atoms with Crippen molar-refractivity contribution in [2.45, 2.75) is 11.6 Å². The molecule has 66 valence electrons. The van der Waals surface area contributed by atoms with Crippen LogP contribution in [0.3, 0.4) is 0 Å². The van der Waals surface area contributed by atoms with Gasteiger partial charge in [0.05, 0.1) is 4.71 Å². The van der Waals surface area contributed by atoms with E-state index in [9.17, 15) is 0 Å². The number of hydrogen-bond acceptors (Lipinski definition) is 2. The summed E-state index contributed by atoms with van der Waals surface area (Å²) >= 11 is 7.30. The molecule has 1 aromatic carbocycles. The van der Waals surface area contributed by atoms with E-state index in [0.717, 1.165) is 5.75 Å². The van der Waals surface area contributed by atoms with Gasteiger partial charge in [-0.25, -0.2) is 0 Å². The van der Waals surface area contributed by atoms with Gasteiger partial charge in [-0.1, -0.05) is 18.2 Å². The summed E-state index contributed by atoms with van der Waals surface area (Å²) < 4.78 is 5.50. The van der Waals surface area contributed by atoms with Gasteiger partial charge in [0, 0.05) is 0 Å². The number of thioether (sulfide) groups is 1. The summed E-state index contributed by atoms with van der Waals surface area (Å²) in [6.07, 6.45) is 0. The molecular weight excluding hydrogens is 192 g/mol. The highest BCUT2D eigenvalue weighted by Gasteiger charge is 1.96. The Balaban J connectivity index is 2.25. The fourth-order valence-electron chi connectivity index (χ4n) is 0.713. The zero-order chi connectivity index (χ0) is 8.81. The van der Waals surface area contributed by atoms with Gasteiger partial charge in [0.15, 0.2) is 0 Å². The fraction of sp³-hybridized carbons (Fsp3) is 0.333. The first-order chi connectivity index (χ1) is 5.79. The monoisotopic (exact) mass is 202 g/mol. The lowest BCUT2D eigenvalue weighted by Crippen LogP contribution is -1.95. The molecule has 0 saturated heterocycles. The minimum absolute atomic E-state index is 0.105. The molecule has 0 bridgehead atoms. The third-order valence-electron chi connectivity index (χ3n) is 1.27. The zero-order valence-corrected chi connectivity index (χ0v) is 8.44. The number of hydrogen-bond donors (Lipinski definition) is 0. The van der Waals surface area contributed by atoms with Crippen molar-refractivity contribution in [1.82, 2.24) is 0 Å². The minimum atomic E-state index is 0.105. The summed E-state index contributed by atoms with van der Waals surface area (Å²) in [6, 6.07) is 9.72. The highest BCUT2D eigenvalue weighted by Crippen LogP contribution is 2.16. The van der Waals surface area contributed by atoms with Crippen LogP contribution < -0.4 is 4.74 Å². The molecule has 3 heteroatoms. The molecule has 0 saturated carbocycles. The van der Waals surface area contributed by atoms with Crippen molar-refractivity contribution < 1.29 is 4.74 Å². The van der Waals surface area contributed by atoms with E-state index < -0.39 is 0 Å². The third-order valence-corrected chi connectivity index (χ3v) is 2.36. The normalized spacial score (nSPS) is 12.5. The second-order valence-electron chi connectivity index (χ2n) is 2.28. The molecular formula is C9H11ClOS. The lowest BCUT2D eigenvalue weighted by molar-refractivity contribution is 0.393. The standard InChI is InChI=1S/C9H11ClOS/c1-8(10)12-7-11-9-5-3-2-4-6-9/h2-6,8H,7H2,1H3. The van der Waals surface area contributed by atoms with Gasteiger partial charge in [-0.3, -0.25) is 0 Å². The van der Waals surface area contributed by atoms with Crippen molar-refractivity contribution >= 4 is 23.4 Å². The molecule has 1 unspecified atom stereocenters. The molecule has 1 atom stereocenters. The summed E-state index contributed by atoms with van der Waals surface area (Å²) in [4.78, 5) is 0. The predicted molar refractivity (Wildman–Crippen MR) is 54.8 cm³/mol. The maximum Gasteiger partial charge on any atom is 0.135 e. The van der Waals surface area contributed by atoms with E-state index in [1.165, 1.54) is 0 Å². The van der Waals surface area contributed by atoms with Gasteiger partial charge in [-0.15, -0.1) is 23.4 Å². The first-order valence-corrected chi connectivity index (χ1v) is 5.21. The highest BCUT2D eigenvalue weighted by molar-refractivity contribution is 8.00. The second kappa shape index (κ2) is 5.33. The van der Waals surface area contributed by atoms with Crippen LogP contribution >= 0.6 is 23.4 Å². The highest BCUT2D eigenvalue weighted by atomic mass is 35.5. The number of para-hydroxylation sites is 1. The molecule has 0 aliphatic rings. The summed E-state index contributed by atoms with van der Waals surface area (Å²) in [5.41, 5.74) is 0. The van der Waals surface area contributed by atoms with E-state index in [1.54, 1.807) is 11.8 Å². The van der Waals surface area contributed by atoms with E-state index in [2.05, 4.69) is 0 Å². The topological polar surface area (TPSA) is 9.23 Å². The van der Waals surface area contributed by atoms with Crippen molar-refractivity contribution in [3.8, 4) is 5.75 Å². The van der Waals surface area contributed by atoms with Crippen molar-refractivity contribution in [3.05, 3.63) is 30.3 Å². The van der Waals surface area contributed by atoms with Crippen LogP contribution in [-0.4, -0.2) is 10.6 Å². The molecule has 1 aromatic rings. The van der Waals surface area contributed by atoms with Gasteiger partial charge >= 0.3 is 0 Å². The quantitative estimate of drug-likeness (QED) is 0.547. The average Bonchev–Trinajstić information content (AvgIpc) is 2.05. The second-order valence-corrected chi connectivity index (χ2v) is 4.47. The number of alkyl halides is 1. The van der Waals surface area contributed by atoms with Crippen molar-refractivity contribution in [3.63, 3.8) is 0 Å². The minimum Gasteiger partial charge on any atom is -0.483 e. The van der Waals surface area contributed by atoms with E-state index >= 15 is 0 Å². The summed E-state index contributed by atoms with van der Waals surface area (Å²) in [5.74, 6) is 1.50. The lowest BCUT2D eigenvalue weighted by Gasteiger charge is -2.05. The Labute approximate surface area is 82.1 Å². The van der Waals surface area contributed by atoms with Gasteiger partial charge in [-0.05, 0) is 19.1 Å². The Morgan fingerprint density at radius 1 is 1.42 bits per heavy atom. The first-order valence-electron chi connectivity index (χ1n) is 3.72. The van der Waals surface area contributed by atoms with Crippen molar-refractivity contribution in [1.29, 1.82) is 0 Å². The van der Waals surface area contributed by atoms with Gasteiger partial charge in [0.1, 0.15) is 11.7 Å². The van der Waals surface area contributed by atoms with Crippen LogP contribution in [0.2, 0.25) is 0 Å². The average molecular weight is 203 g/mol. The van der Waals surface area contributed by atoms with Gasteiger partial charge in [0.2, 0.25) is 0 Å². The maximum atomic E-state index is 5.73. The number of benzene rings is 1. The van der Waals surface area contributed by atoms with Crippen LogP contribution in [0.25, 0.3) is 0 Å². The molecule has 0 radical (unpaired) electrons. The van der Waals surface area contributed by atoms with Crippen molar-refractivity contribution in [2.75, 3.05) is 5.94 Å². The molecule has 0 aliphatic heterocycles. The molecule has 1 nitrogen and oxygen atoms in total. The van der Waals surface area contributed by atoms with Crippen LogP contribution in [-0.2, 0) is 0 Å². The number of halogens is 1. The van der Waals surface area contributed by atoms with Gasteiger partial charge in [0.25, 0.3) is 0 Å². The predicted octanol–water partition coefficient (Wildman–Crippen LogP) is 3.34. The summed E-state index contributed by atoms with van der Waals surface area (Å²) in [6.45, 7) is 1.93. The Morgan fingerprint density at radius 3 is 2.67 bits per heavy atom. The SMILES string of the molecule is CC(Cl)SCOc1ccccc1. The first kappa shape index (κ1) is 9.75. The lowest BCUT2D eigenvalue weighted by atomic mass is 10.3. The van der Waals surface area contributed by atoms with E-state index in [4.69, 9.17) is 16.3 Å². The zero-order valence-electron chi connectivity index (χ0n) is 6.87. The number of ether oxygens (including phenoxy) is 1. The number of rotatable bonds is 4. The van der Waals surface area contributed by atoms with Crippen LogP contribution in [0.5, 0.6) is 5.75 Å². The smallest absolute Gasteiger partial charge is 0.135 e.